The fourth-order valence-electron chi connectivity index (χ4n) is 4.18. The highest BCUT2D eigenvalue weighted by Gasteiger charge is 2.24. The van der Waals surface area contributed by atoms with E-state index in [9.17, 15) is 8.42 Å². The largest absolute Gasteiger partial charge is 0.495 e. The molecule has 0 aromatic heterocycles. The Morgan fingerprint density at radius 2 is 1.71 bits per heavy atom. The molecule has 3 aromatic rings. The van der Waals surface area contributed by atoms with Crippen LogP contribution in [-0.2, 0) is 10.0 Å². The van der Waals surface area contributed by atoms with Gasteiger partial charge in [0.05, 0.1) is 17.7 Å². The molecule has 2 atom stereocenters. The number of hydrogen-bond acceptors (Lipinski definition) is 5. The van der Waals surface area contributed by atoms with E-state index in [0.29, 0.717) is 39.3 Å². The number of benzene rings is 3. The van der Waals surface area contributed by atoms with Gasteiger partial charge >= 0.3 is 0 Å². The summed E-state index contributed by atoms with van der Waals surface area (Å²) < 4.78 is 34.9. The molecule has 0 radical (unpaired) electrons. The lowest BCUT2D eigenvalue weighted by Crippen LogP contribution is -2.54. The molecule has 8 heteroatoms. The van der Waals surface area contributed by atoms with Gasteiger partial charge in [-0.2, -0.15) is 0 Å². The molecular weight excluding hydrogens is 434 g/mol. The van der Waals surface area contributed by atoms with E-state index in [-0.39, 0.29) is 4.90 Å². The maximum Gasteiger partial charge on any atom is 0.262 e. The predicted octanol–water partition coefficient (Wildman–Crippen LogP) is 4.49. The highest BCUT2D eigenvalue weighted by molar-refractivity contribution is 7.93. The first-order valence-corrected chi connectivity index (χ1v) is 12.0. The van der Waals surface area contributed by atoms with Crippen molar-refractivity contribution >= 4 is 43.8 Å². The number of fused-ring (bicyclic) bond motifs is 1. The van der Waals surface area contributed by atoms with Crippen molar-refractivity contribution in [2.24, 2.45) is 0 Å². The molecule has 0 saturated carbocycles. The average molecular weight is 460 g/mol. The van der Waals surface area contributed by atoms with Crippen molar-refractivity contribution in [2.45, 2.75) is 30.8 Å². The third-order valence-electron chi connectivity index (χ3n) is 5.47. The molecule has 1 aliphatic rings. The van der Waals surface area contributed by atoms with Gasteiger partial charge in [0.2, 0.25) is 0 Å². The molecule has 4 rings (SSSR count). The zero-order chi connectivity index (χ0) is 22.2. The summed E-state index contributed by atoms with van der Waals surface area (Å²) in [4.78, 5) is 2.42. The van der Waals surface area contributed by atoms with Crippen LogP contribution >= 0.6 is 11.6 Å². The van der Waals surface area contributed by atoms with Crippen LogP contribution in [0.5, 0.6) is 5.75 Å². The van der Waals surface area contributed by atoms with Crippen molar-refractivity contribution in [2.75, 3.05) is 29.8 Å². The molecular formula is C23H26ClN3O3S. The van der Waals surface area contributed by atoms with Crippen LogP contribution in [-0.4, -0.2) is 40.7 Å². The maximum absolute atomic E-state index is 13.4. The van der Waals surface area contributed by atoms with Gasteiger partial charge in [-0.1, -0.05) is 35.9 Å². The first-order chi connectivity index (χ1) is 14.8. The van der Waals surface area contributed by atoms with Crippen molar-refractivity contribution in [1.82, 2.24) is 5.32 Å². The SMILES string of the molecule is COc1ccc(N2C[C@@H](C)N[C@@H](C)C2)cc1NS(=O)(=O)c1ccc(Cl)c2ccccc12. The van der Waals surface area contributed by atoms with Crippen LogP contribution in [0, 0.1) is 0 Å². The molecule has 0 aliphatic carbocycles. The number of piperazine rings is 1. The monoisotopic (exact) mass is 459 g/mol. The normalized spacial score (nSPS) is 19.4. The van der Waals surface area contributed by atoms with Gasteiger partial charge in [-0.25, -0.2) is 8.42 Å². The molecule has 164 valence electrons. The van der Waals surface area contributed by atoms with Crippen LogP contribution in [0.3, 0.4) is 0 Å². The van der Waals surface area contributed by atoms with Gasteiger partial charge in [-0.3, -0.25) is 4.72 Å². The van der Waals surface area contributed by atoms with Crippen LogP contribution < -0.4 is 19.7 Å². The van der Waals surface area contributed by atoms with Gasteiger partial charge in [0, 0.05) is 46.7 Å². The summed E-state index contributed by atoms with van der Waals surface area (Å²) in [5.41, 5.74) is 1.34. The van der Waals surface area contributed by atoms with Crippen LogP contribution in [0.4, 0.5) is 11.4 Å². The molecule has 1 saturated heterocycles. The number of rotatable bonds is 5. The number of hydrogen-bond donors (Lipinski definition) is 2. The van der Waals surface area contributed by atoms with Crippen LogP contribution in [0.25, 0.3) is 10.8 Å². The molecule has 1 fully saturated rings. The van der Waals surface area contributed by atoms with Crippen molar-refractivity contribution in [3.8, 4) is 5.75 Å². The Balaban J connectivity index is 1.72. The Hall–Kier alpha value is -2.48. The molecule has 1 aliphatic heterocycles. The number of halogens is 1. The highest BCUT2D eigenvalue weighted by atomic mass is 35.5. The van der Waals surface area contributed by atoms with E-state index in [1.165, 1.54) is 13.2 Å². The molecule has 2 N–H and O–H groups in total. The van der Waals surface area contributed by atoms with Crippen LogP contribution in [0.15, 0.2) is 59.5 Å². The van der Waals surface area contributed by atoms with Crippen molar-refractivity contribution < 1.29 is 13.2 Å². The molecule has 1 heterocycles. The Kier molecular flexibility index (Phi) is 6.01. The second-order valence-electron chi connectivity index (χ2n) is 7.95. The minimum Gasteiger partial charge on any atom is -0.495 e. The van der Waals surface area contributed by atoms with E-state index in [1.807, 2.05) is 24.3 Å². The van der Waals surface area contributed by atoms with E-state index in [1.54, 1.807) is 24.3 Å². The predicted molar refractivity (Wildman–Crippen MR) is 127 cm³/mol. The molecule has 31 heavy (non-hydrogen) atoms. The molecule has 0 unspecified atom stereocenters. The summed E-state index contributed by atoms with van der Waals surface area (Å²) in [6.45, 7) is 5.96. The first kappa shape index (κ1) is 21.7. The van der Waals surface area contributed by atoms with E-state index >= 15 is 0 Å². The minimum absolute atomic E-state index is 0.171. The van der Waals surface area contributed by atoms with Gasteiger partial charge in [0.15, 0.2) is 0 Å². The molecule has 0 bridgehead atoms. The lowest BCUT2D eigenvalue weighted by Gasteiger charge is -2.38. The number of nitrogens with one attached hydrogen (secondary N) is 2. The zero-order valence-electron chi connectivity index (χ0n) is 17.7. The first-order valence-electron chi connectivity index (χ1n) is 10.2. The van der Waals surface area contributed by atoms with Gasteiger partial charge in [0.25, 0.3) is 10.0 Å². The van der Waals surface area contributed by atoms with Crippen LogP contribution in [0.2, 0.25) is 5.02 Å². The fraction of sp³-hybridized carbons (Fsp3) is 0.304. The smallest absolute Gasteiger partial charge is 0.262 e. The van der Waals surface area contributed by atoms with Crippen LogP contribution in [0.1, 0.15) is 13.8 Å². The fourth-order valence-corrected chi connectivity index (χ4v) is 5.68. The molecule has 0 amide bonds. The van der Waals surface area contributed by atoms with E-state index in [4.69, 9.17) is 16.3 Å². The molecule has 6 nitrogen and oxygen atoms in total. The van der Waals surface area contributed by atoms with Gasteiger partial charge in [-0.05, 0) is 44.2 Å². The molecule has 3 aromatic carbocycles. The summed E-state index contributed by atoms with van der Waals surface area (Å²) in [6, 6.07) is 16.6. The van der Waals surface area contributed by atoms with Crippen molar-refractivity contribution in [3.05, 3.63) is 59.6 Å². The third-order valence-corrected chi connectivity index (χ3v) is 7.22. The van der Waals surface area contributed by atoms with Gasteiger partial charge in [-0.15, -0.1) is 0 Å². The van der Waals surface area contributed by atoms with Crippen molar-refractivity contribution in [1.29, 1.82) is 0 Å². The number of nitrogens with zero attached hydrogens (tertiary/aromatic N) is 1. The van der Waals surface area contributed by atoms with Gasteiger partial charge in [0.1, 0.15) is 5.75 Å². The number of anilines is 2. The Morgan fingerprint density at radius 1 is 1.03 bits per heavy atom. The Bertz CT molecular complexity index is 1210. The summed E-state index contributed by atoms with van der Waals surface area (Å²) >= 11 is 6.27. The summed E-state index contributed by atoms with van der Waals surface area (Å²) in [7, 11) is -2.35. The number of sulfonamides is 1. The lowest BCUT2D eigenvalue weighted by atomic mass is 10.1. The maximum atomic E-state index is 13.4. The zero-order valence-corrected chi connectivity index (χ0v) is 19.3. The van der Waals surface area contributed by atoms with E-state index in [0.717, 1.165) is 18.8 Å². The lowest BCUT2D eigenvalue weighted by molar-refractivity contribution is 0.406. The summed E-state index contributed by atoms with van der Waals surface area (Å²) in [6.07, 6.45) is 0. The summed E-state index contributed by atoms with van der Waals surface area (Å²) in [5, 5.41) is 5.28. The Labute approximate surface area is 188 Å². The van der Waals surface area contributed by atoms with Crippen molar-refractivity contribution in [3.63, 3.8) is 0 Å². The molecule has 0 spiro atoms. The topological polar surface area (TPSA) is 70.7 Å². The Morgan fingerprint density at radius 3 is 2.39 bits per heavy atom. The van der Waals surface area contributed by atoms with E-state index in [2.05, 4.69) is 28.8 Å². The number of ether oxygens (including phenoxy) is 1. The summed E-state index contributed by atoms with van der Waals surface area (Å²) in [5.74, 6) is 0.460. The number of methoxy groups -OCH3 is 1. The quantitative estimate of drug-likeness (QED) is 0.588. The van der Waals surface area contributed by atoms with Gasteiger partial charge < -0.3 is 15.0 Å². The van der Waals surface area contributed by atoms with E-state index < -0.39 is 10.0 Å². The second kappa shape index (κ2) is 8.57. The average Bonchev–Trinajstić information content (AvgIpc) is 2.73. The minimum atomic E-state index is -3.88. The highest BCUT2D eigenvalue weighted by Crippen LogP contribution is 2.34. The second-order valence-corrected chi connectivity index (χ2v) is 10.0. The standard InChI is InChI=1S/C23H26ClN3O3S/c1-15-13-27(14-16(2)25-15)17-8-10-22(30-3)21(12-17)26-31(28,29)23-11-9-20(24)18-6-4-5-7-19(18)23/h4-12,15-16,25-26H,13-14H2,1-3H3/t15-,16+. The third kappa shape index (κ3) is 4.44.